The van der Waals surface area contributed by atoms with Crippen LogP contribution in [0.15, 0.2) is 18.3 Å². The Bertz CT molecular complexity index is 932. The van der Waals surface area contributed by atoms with Crippen molar-refractivity contribution >= 4 is 34.8 Å². The molecule has 0 aromatic carbocycles. The van der Waals surface area contributed by atoms with E-state index in [1.807, 2.05) is 4.90 Å². The number of halogens is 1. The summed E-state index contributed by atoms with van der Waals surface area (Å²) in [4.78, 5) is 26.8. The van der Waals surface area contributed by atoms with Gasteiger partial charge in [-0.05, 0) is 24.0 Å². The number of anilines is 3. The molecule has 2 aromatic rings. The van der Waals surface area contributed by atoms with Crippen LogP contribution in [-0.4, -0.2) is 46.6 Å². The number of nitrogens with one attached hydrogen (secondary N) is 2. The highest BCUT2D eigenvalue weighted by Crippen LogP contribution is 2.32. The van der Waals surface area contributed by atoms with Crippen molar-refractivity contribution in [2.75, 3.05) is 35.6 Å². The number of pyridine rings is 1. The van der Waals surface area contributed by atoms with Crippen molar-refractivity contribution in [3.63, 3.8) is 0 Å². The third-order valence-corrected chi connectivity index (χ3v) is 5.04. The lowest BCUT2D eigenvalue weighted by Crippen LogP contribution is -2.36. The van der Waals surface area contributed by atoms with E-state index < -0.39 is 0 Å². The summed E-state index contributed by atoms with van der Waals surface area (Å²) in [5.41, 5.74) is 7.49. The molecule has 1 fully saturated rings. The van der Waals surface area contributed by atoms with Gasteiger partial charge in [0.2, 0.25) is 5.91 Å². The average Bonchev–Trinajstić information content (AvgIpc) is 3.14. The second-order valence-corrected chi connectivity index (χ2v) is 9.27. The fourth-order valence-corrected chi connectivity index (χ4v) is 3.42. The first-order valence-electron chi connectivity index (χ1n) is 10.3. The lowest BCUT2D eigenvalue weighted by atomic mass is 9.99. The van der Waals surface area contributed by atoms with Gasteiger partial charge in [0.05, 0.1) is 23.9 Å². The van der Waals surface area contributed by atoms with Gasteiger partial charge >= 0.3 is 6.01 Å². The van der Waals surface area contributed by atoms with Gasteiger partial charge in [-0.15, -0.1) is 0 Å². The second-order valence-electron chi connectivity index (χ2n) is 8.86. The molecule has 0 unspecified atom stereocenters. The first-order chi connectivity index (χ1) is 14.6. The third kappa shape index (κ3) is 6.33. The number of rotatable bonds is 7. The van der Waals surface area contributed by atoms with E-state index in [1.165, 1.54) is 6.92 Å². The Hall–Kier alpha value is -2.81. The van der Waals surface area contributed by atoms with Gasteiger partial charge in [-0.25, -0.2) is 0 Å². The molecule has 10 heteroatoms. The highest BCUT2D eigenvalue weighted by atomic mass is 35.5. The van der Waals surface area contributed by atoms with Gasteiger partial charge in [-0.2, -0.15) is 9.97 Å². The highest BCUT2D eigenvalue weighted by Gasteiger charge is 2.28. The smallest absolute Gasteiger partial charge is 0.320 e. The zero-order valence-corrected chi connectivity index (χ0v) is 19.2. The zero-order valence-electron chi connectivity index (χ0n) is 18.4. The van der Waals surface area contributed by atoms with E-state index in [0.29, 0.717) is 47.7 Å². The van der Waals surface area contributed by atoms with Crippen LogP contribution in [0.1, 0.15) is 39.8 Å². The van der Waals surface area contributed by atoms with Crippen LogP contribution in [0.25, 0.3) is 0 Å². The maximum absolute atomic E-state index is 11.4. The number of carbonyl (C=O) groups excluding carboxylic acids is 1. The summed E-state index contributed by atoms with van der Waals surface area (Å²) in [6.45, 7) is 9.89. The molecule has 1 amide bonds. The van der Waals surface area contributed by atoms with Crippen molar-refractivity contribution in [1.29, 1.82) is 0 Å². The molecule has 168 valence electrons. The van der Waals surface area contributed by atoms with Crippen LogP contribution in [0.4, 0.5) is 17.3 Å². The quantitative estimate of drug-likeness (QED) is 0.592. The number of ether oxygens (including phenoxy) is 1. The van der Waals surface area contributed by atoms with E-state index in [-0.39, 0.29) is 23.4 Å². The second kappa shape index (κ2) is 9.55. The summed E-state index contributed by atoms with van der Waals surface area (Å²) in [5, 5.41) is 6.73. The Morgan fingerprint density at radius 3 is 2.84 bits per heavy atom. The molecule has 1 aliphatic rings. The first-order valence-corrected chi connectivity index (χ1v) is 10.7. The predicted octanol–water partition coefficient (Wildman–Crippen LogP) is 2.86. The Labute approximate surface area is 187 Å². The Morgan fingerprint density at radius 1 is 1.39 bits per heavy atom. The number of hydrogen-bond donors (Lipinski definition) is 3. The van der Waals surface area contributed by atoms with E-state index >= 15 is 0 Å². The minimum Gasteiger partial charge on any atom is -0.463 e. The third-order valence-electron chi connectivity index (χ3n) is 4.69. The number of hydrogen-bond acceptors (Lipinski definition) is 8. The monoisotopic (exact) mass is 447 g/mol. The molecule has 1 atom stereocenters. The Kier molecular flexibility index (Phi) is 7.04. The van der Waals surface area contributed by atoms with E-state index in [2.05, 4.69) is 46.4 Å². The molecule has 0 aliphatic carbocycles. The van der Waals surface area contributed by atoms with E-state index in [0.717, 1.165) is 13.0 Å². The molecule has 0 saturated carbocycles. The average molecular weight is 448 g/mol. The number of nitrogens with two attached hydrogens (primary N) is 1. The Balaban J connectivity index is 1.85. The number of carbonyl (C=O) groups is 1. The van der Waals surface area contributed by atoms with Gasteiger partial charge in [0, 0.05) is 32.3 Å². The minimum atomic E-state index is -0.0515. The fraction of sp³-hybridized carbons (Fsp3) is 0.524. The summed E-state index contributed by atoms with van der Waals surface area (Å²) in [5.74, 6) is 0.992. The van der Waals surface area contributed by atoms with Gasteiger partial charge in [0.25, 0.3) is 0 Å². The molecule has 0 spiro atoms. The van der Waals surface area contributed by atoms with Crippen LogP contribution >= 0.6 is 11.6 Å². The van der Waals surface area contributed by atoms with Gasteiger partial charge in [-0.3, -0.25) is 9.78 Å². The largest absolute Gasteiger partial charge is 0.463 e. The number of nitrogen functional groups attached to an aromatic ring is 1. The molecule has 4 N–H and O–H groups in total. The predicted molar refractivity (Wildman–Crippen MR) is 122 cm³/mol. The topological polar surface area (TPSA) is 118 Å². The van der Waals surface area contributed by atoms with Gasteiger partial charge < -0.3 is 26.0 Å². The SMILES string of the molecule is CC(=O)N[C@H]1CCN(c2nc(OCC(C)(C)C)nc(NCc3ncccc3Cl)c2N)C1. The molecule has 9 nitrogen and oxygen atoms in total. The highest BCUT2D eigenvalue weighted by molar-refractivity contribution is 6.31. The van der Waals surface area contributed by atoms with Crippen LogP contribution in [0.2, 0.25) is 5.02 Å². The maximum Gasteiger partial charge on any atom is 0.320 e. The molecular weight excluding hydrogens is 418 g/mol. The van der Waals surface area contributed by atoms with Gasteiger partial charge in [0.15, 0.2) is 11.6 Å². The lowest BCUT2D eigenvalue weighted by molar-refractivity contribution is -0.119. The lowest BCUT2D eigenvalue weighted by Gasteiger charge is -2.23. The summed E-state index contributed by atoms with van der Waals surface area (Å²) in [7, 11) is 0. The molecule has 1 aliphatic heterocycles. The Morgan fingerprint density at radius 2 is 2.16 bits per heavy atom. The summed E-state index contributed by atoms with van der Waals surface area (Å²) >= 11 is 6.22. The molecule has 1 saturated heterocycles. The van der Waals surface area contributed by atoms with E-state index in [9.17, 15) is 4.79 Å². The molecule has 3 rings (SSSR count). The van der Waals surface area contributed by atoms with Crippen molar-refractivity contribution in [3.8, 4) is 6.01 Å². The van der Waals surface area contributed by atoms with Crippen LogP contribution < -0.4 is 26.0 Å². The molecule has 2 aromatic heterocycles. The summed E-state index contributed by atoms with van der Waals surface area (Å²) in [6.07, 6.45) is 2.50. The number of aromatic nitrogens is 3. The normalized spacial score (nSPS) is 16.3. The number of amides is 1. The van der Waals surface area contributed by atoms with Crippen molar-refractivity contribution < 1.29 is 9.53 Å². The van der Waals surface area contributed by atoms with E-state index in [4.69, 9.17) is 22.1 Å². The summed E-state index contributed by atoms with van der Waals surface area (Å²) < 4.78 is 5.88. The van der Waals surface area contributed by atoms with E-state index in [1.54, 1.807) is 18.3 Å². The van der Waals surface area contributed by atoms with Gasteiger partial charge in [-0.1, -0.05) is 32.4 Å². The van der Waals surface area contributed by atoms with Crippen molar-refractivity contribution in [2.24, 2.45) is 5.41 Å². The van der Waals surface area contributed by atoms with Crippen LogP contribution in [-0.2, 0) is 11.3 Å². The molecule has 0 radical (unpaired) electrons. The van der Waals surface area contributed by atoms with Crippen LogP contribution in [0.5, 0.6) is 6.01 Å². The summed E-state index contributed by atoms with van der Waals surface area (Å²) in [6, 6.07) is 3.86. The zero-order chi connectivity index (χ0) is 22.6. The van der Waals surface area contributed by atoms with Crippen molar-refractivity contribution in [3.05, 3.63) is 29.0 Å². The standard InChI is InChI=1S/C21H30ClN7O2/c1-13(30)26-14-7-9-29(11-14)19-17(23)18(25-10-16-15(22)6-5-8-24-16)27-20(28-19)31-12-21(2,3)4/h5-6,8,14H,7,9-12,23H2,1-4H3,(H,26,30)(H,25,27,28)/t14-/m0/s1. The maximum atomic E-state index is 11.4. The fourth-order valence-electron chi connectivity index (χ4n) is 3.23. The first kappa shape index (κ1) is 22.9. The van der Waals surface area contributed by atoms with Crippen molar-refractivity contribution in [1.82, 2.24) is 20.3 Å². The molecule has 31 heavy (non-hydrogen) atoms. The molecule has 3 heterocycles. The van der Waals surface area contributed by atoms with Crippen LogP contribution in [0.3, 0.4) is 0 Å². The van der Waals surface area contributed by atoms with Gasteiger partial charge in [0.1, 0.15) is 5.69 Å². The minimum absolute atomic E-state index is 0.0497. The molecular formula is C21H30ClN7O2. The van der Waals surface area contributed by atoms with Crippen molar-refractivity contribution in [2.45, 2.75) is 46.7 Å². The molecule has 0 bridgehead atoms. The number of nitrogens with zero attached hydrogens (tertiary/aromatic N) is 4. The van der Waals surface area contributed by atoms with Crippen LogP contribution in [0, 0.1) is 5.41 Å².